The van der Waals surface area contributed by atoms with Crippen LogP contribution in [0.1, 0.15) is 5.56 Å². The van der Waals surface area contributed by atoms with E-state index in [9.17, 15) is 8.42 Å². The number of oxazole rings is 1. The Hall–Kier alpha value is -3.19. The molecule has 0 aliphatic carbocycles. The summed E-state index contributed by atoms with van der Waals surface area (Å²) in [6, 6.07) is 17.3. The summed E-state index contributed by atoms with van der Waals surface area (Å²) < 4.78 is 34.0. The maximum atomic E-state index is 12.8. The predicted molar refractivity (Wildman–Crippen MR) is 99.2 cm³/mol. The van der Waals surface area contributed by atoms with E-state index in [1.54, 1.807) is 73.8 Å². The molecule has 1 N–H and O–H groups in total. The number of pyridine rings is 1. The van der Waals surface area contributed by atoms with Crippen molar-refractivity contribution in [3.63, 3.8) is 0 Å². The van der Waals surface area contributed by atoms with E-state index in [4.69, 9.17) is 4.42 Å². The molecule has 0 saturated heterocycles. The molecule has 0 bridgehead atoms. The normalized spacial score (nSPS) is 11.6. The number of hydrogen-bond acceptors (Lipinski definition) is 5. The van der Waals surface area contributed by atoms with Gasteiger partial charge in [-0.1, -0.05) is 30.3 Å². The van der Waals surface area contributed by atoms with Gasteiger partial charge in [-0.25, -0.2) is 13.4 Å². The van der Waals surface area contributed by atoms with Gasteiger partial charge in [0.25, 0.3) is 10.0 Å². The van der Waals surface area contributed by atoms with Gasteiger partial charge in [0, 0.05) is 6.20 Å². The first-order chi connectivity index (χ1) is 12.5. The molecule has 2 heterocycles. The molecule has 0 radical (unpaired) electrons. The molecular weight excluding hydrogens is 350 g/mol. The van der Waals surface area contributed by atoms with E-state index >= 15 is 0 Å². The van der Waals surface area contributed by atoms with Gasteiger partial charge in [0.1, 0.15) is 0 Å². The van der Waals surface area contributed by atoms with Crippen LogP contribution in [0.15, 0.2) is 76.2 Å². The van der Waals surface area contributed by atoms with Gasteiger partial charge in [-0.3, -0.25) is 4.72 Å². The molecule has 6 nitrogen and oxygen atoms in total. The summed E-state index contributed by atoms with van der Waals surface area (Å²) in [4.78, 5) is 8.73. The molecule has 0 amide bonds. The third-order valence-electron chi connectivity index (χ3n) is 3.95. The molecule has 2 aromatic carbocycles. The van der Waals surface area contributed by atoms with E-state index in [0.29, 0.717) is 33.9 Å². The zero-order valence-corrected chi connectivity index (χ0v) is 14.7. The van der Waals surface area contributed by atoms with Crippen molar-refractivity contribution in [3.05, 3.63) is 72.4 Å². The minimum atomic E-state index is -3.74. The Bertz CT molecular complexity index is 1170. The number of anilines is 1. The molecule has 0 atom stereocenters. The Balaban J connectivity index is 1.78. The number of para-hydroxylation sites is 1. The lowest BCUT2D eigenvalue weighted by Gasteiger charge is -2.12. The number of hydrogen-bond donors (Lipinski definition) is 1. The number of fused-ring (bicyclic) bond motifs is 1. The Kier molecular flexibility index (Phi) is 3.93. The fourth-order valence-corrected chi connectivity index (χ4v) is 4.03. The Morgan fingerprint density at radius 2 is 1.73 bits per heavy atom. The predicted octanol–water partition coefficient (Wildman–Crippen LogP) is 4.00. The Morgan fingerprint density at radius 1 is 0.962 bits per heavy atom. The molecule has 130 valence electrons. The second-order valence-corrected chi connectivity index (χ2v) is 7.41. The van der Waals surface area contributed by atoms with E-state index < -0.39 is 10.0 Å². The molecular formula is C19H15N3O3S. The van der Waals surface area contributed by atoms with Crippen LogP contribution in [0.25, 0.3) is 22.7 Å². The molecule has 0 spiro atoms. The summed E-state index contributed by atoms with van der Waals surface area (Å²) in [5.74, 6) is 0.307. The standard InChI is InChI=1S/C19H15N3O3S/c1-13-7-2-5-11-17(13)26(23,24)22-15-9-4-3-8-14(15)19-21-18-16(25-19)10-6-12-20-18/h2-12,22H,1H3. The van der Waals surface area contributed by atoms with Gasteiger partial charge in [-0.15, -0.1) is 0 Å². The molecule has 0 saturated carbocycles. The van der Waals surface area contributed by atoms with Gasteiger partial charge in [-0.05, 0) is 42.8 Å². The van der Waals surface area contributed by atoms with Crippen LogP contribution in [0.2, 0.25) is 0 Å². The molecule has 0 fully saturated rings. The van der Waals surface area contributed by atoms with Crippen molar-refractivity contribution in [3.8, 4) is 11.5 Å². The highest BCUT2D eigenvalue weighted by molar-refractivity contribution is 7.92. The van der Waals surface area contributed by atoms with Crippen LogP contribution >= 0.6 is 0 Å². The van der Waals surface area contributed by atoms with Gasteiger partial charge in [0.2, 0.25) is 5.89 Å². The SMILES string of the molecule is Cc1ccccc1S(=O)(=O)Nc1ccccc1-c1nc2ncccc2o1. The molecule has 4 aromatic rings. The maximum Gasteiger partial charge on any atom is 0.262 e. The van der Waals surface area contributed by atoms with Crippen LogP contribution < -0.4 is 4.72 Å². The average Bonchev–Trinajstić information content (AvgIpc) is 3.06. The Labute approximate surface area is 150 Å². The van der Waals surface area contributed by atoms with E-state index in [0.717, 1.165) is 0 Å². The lowest BCUT2D eigenvalue weighted by atomic mass is 10.2. The number of nitrogens with one attached hydrogen (secondary N) is 1. The highest BCUT2D eigenvalue weighted by Gasteiger charge is 2.20. The highest BCUT2D eigenvalue weighted by Crippen LogP contribution is 2.31. The van der Waals surface area contributed by atoms with Crippen molar-refractivity contribution in [2.45, 2.75) is 11.8 Å². The molecule has 4 rings (SSSR count). The smallest absolute Gasteiger partial charge is 0.262 e. The summed E-state index contributed by atoms with van der Waals surface area (Å²) in [6.07, 6.45) is 1.63. The molecule has 2 aromatic heterocycles. The van der Waals surface area contributed by atoms with Crippen LogP contribution in [-0.2, 0) is 10.0 Å². The zero-order chi connectivity index (χ0) is 18.1. The van der Waals surface area contributed by atoms with Crippen LogP contribution in [0.5, 0.6) is 0 Å². The molecule has 0 aliphatic heterocycles. The van der Waals surface area contributed by atoms with Crippen molar-refractivity contribution in [2.24, 2.45) is 0 Å². The maximum absolute atomic E-state index is 12.8. The van der Waals surface area contributed by atoms with Crippen molar-refractivity contribution in [1.82, 2.24) is 9.97 Å². The summed E-state index contributed by atoms with van der Waals surface area (Å²) in [6.45, 7) is 1.76. The Morgan fingerprint density at radius 3 is 2.54 bits per heavy atom. The minimum Gasteiger partial charge on any atom is -0.434 e. The van der Waals surface area contributed by atoms with Crippen molar-refractivity contribution in [2.75, 3.05) is 4.72 Å². The molecule has 7 heteroatoms. The van der Waals surface area contributed by atoms with Gasteiger partial charge >= 0.3 is 0 Å². The number of nitrogens with zero attached hydrogens (tertiary/aromatic N) is 2. The molecule has 26 heavy (non-hydrogen) atoms. The van der Waals surface area contributed by atoms with E-state index in [-0.39, 0.29) is 4.90 Å². The quantitative estimate of drug-likeness (QED) is 0.591. The highest BCUT2D eigenvalue weighted by atomic mass is 32.2. The molecule has 0 unspecified atom stereocenters. The third kappa shape index (κ3) is 2.93. The lowest BCUT2D eigenvalue weighted by molar-refractivity contribution is 0.600. The van der Waals surface area contributed by atoms with Crippen molar-refractivity contribution < 1.29 is 12.8 Å². The number of sulfonamides is 1. The topological polar surface area (TPSA) is 85.1 Å². The number of rotatable bonds is 4. The second kappa shape index (κ2) is 6.27. The number of benzene rings is 2. The van der Waals surface area contributed by atoms with Gasteiger partial charge in [0.05, 0.1) is 16.1 Å². The van der Waals surface area contributed by atoms with Crippen LogP contribution in [-0.4, -0.2) is 18.4 Å². The third-order valence-corrected chi connectivity index (χ3v) is 5.48. The van der Waals surface area contributed by atoms with Gasteiger partial charge in [-0.2, -0.15) is 4.98 Å². The van der Waals surface area contributed by atoms with Gasteiger partial charge in [0.15, 0.2) is 11.2 Å². The lowest BCUT2D eigenvalue weighted by Crippen LogP contribution is -2.14. The first-order valence-corrected chi connectivity index (χ1v) is 9.42. The van der Waals surface area contributed by atoms with E-state index in [2.05, 4.69) is 14.7 Å². The fourth-order valence-electron chi connectivity index (χ4n) is 2.70. The van der Waals surface area contributed by atoms with E-state index in [1.165, 1.54) is 0 Å². The van der Waals surface area contributed by atoms with E-state index in [1.807, 2.05) is 0 Å². The summed E-state index contributed by atoms with van der Waals surface area (Å²) >= 11 is 0. The monoisotopic (exact) mass is 365 g/mol. The minimum absolute atomic E-state index is 0.231. The largest absolute Gasteiger partial charge is 0.434 e. The first kappa shape index (κ1) is 16.3. The summed E-state index contributed by atoms with van der Waals surface area (Å²) in [5, 5.41) is 0. The summed E-state index contributed by atoms with van der Waals surface area (Å²) in [5.41, 5.74) is 2.62. The number of aromatic nitrogens is 2. The second-order valence-electron chi connectivity index (χ2n) is 5.76. The summed E-state index contributed by atoms with van der Waals surface area (Å²) in [7, 11) is -3.74. The number of aryl methyl sites for hydroxylation is 1. The van der Waals surface area contributed by atoms with Crippen LogP contribution in [0.3, 0.4) is 0 Å². The first-order valence-electron chi connectivity index (χ1n) is 7.94. The van der Waals surface area contributed by atoms with Crippen molar-refractivity contribution >= 4 is 26.9 Å². The zero-order valence-electron chi connectivity index (χ0n) is 13.9. The molecule has 0 aliphatic rings. The van der Waals surface area contributed by atoms with Gasteiger partial charge < -0.3 is 4.42 Å². The van der Waals surface area contributed by atoms with Crippen LogP contribution in [0, 0.1) is 6.92 Å². The van der Waals surface area contributed by atoms with Crippen LogP contribution in [0.4, 0.5) is 5.69 Å². The average molecular weight is 365 g/mol. The van der Waals surface area contributed by atoms with Crippen molar-refractivity contribution in [1.29, 1.82) is 0 Å². The fraction of sp³-hybridized carbons (Fsp3) is 0.0526.